The average Bonchev–Trinajstić information content (AvgIpc) is 2.51. The zero-order chi connectivity index (χ0) is 13.1. The molecule has 0 aromatic heterocycles. The van der Waals surface area contributed by atoms with E-state index in [1.807, 2.05) is 33.8 Å². The lowest BCUT2D eigenvalue weighted by Gasteiger charge is -2.36. The molecular formula is C14H22O3. The van der Waals surface area contributed by atoms with E-state index in [4.69, 9.17) is 4.74 Å². The first-order valence-electron chi connectivity index (χ1n) is 6.20. The van der Waals surface area contributed by atoms with E-state index in [1.165, 1.54) is 0 Å². The Morgan fingerprint density at radius 1 is 1.29 bits per heavy atom. The van der Waals surface area contributed by atoms with Crippen molar-refractivity contribution < 1.29 is 14.3 Å². The van der Waals surface area contributed by atoms with Gasteiger partial charge in [-0.1, -0.05) is 39.8 Å². The fourth-order valence-electron chi connectivity index (χ4n) is 2.09. The number of rotatable bonds is 5. The summed E-state index contributed by atoms with van der Waals surface area (Å²) in [6.45, 7) is 7.85. The second-order valence-electron chi connectivity index (χ2n) is 5.49. The Bertz CT molecular complexity index is 341. The third-order valence-corrected chi connectivity index (χ3v) is 3.92. The van der Waals surface area contributed by atoms with Crippen LogP contribution in [0.2, 0.25) is 0 Å². The molecule has 0 saturated carbocycles. The smallest absolute Gasteiger partial charge is 0.306 e. The monoisotopic (exact) mass is 238 g/mol. The zero-order valence-corrected chi connectivity index (χ0v) is 11.2. The van der Waals surface area contributed by atoms with Crippen molar-refractivity contribution in [3.63, 3.8) is 0 Å². The van der Waals surface area contributed by atoms with E-state index >= 15 is 0 Å². The van der Waals surface area contributed by atoms with Gasteiger partial charge in [0.1, 0.15) is 0 Å². The number of Topliss-reactive ketones (excluding diaryl/α,β-unsaturated/α-hetero) is 1. The van der Waals surface area contributed by atoms with Crippen LogP contribution in [0.1, 0.15) is 47.0 Å². The van der Waals surface area contributed by atoms with Gasteiger partial charge in [0.15, 0.2) is 12.4 Å². The summed E-state index contributed by atoms with van der Waals surface area (Å²) in [5.74, 6) is -0.273. The minimum atomic E-state index is -0.445. The molecule has 3 nitrogen and oxygen atoms in total. The molecule has 0 spiro atoms. The third kappa shape index (κ3) is 2.76. The van der Waals surface area contributed by atoms with Crippen molar-refractivity contribution in [1.29, 1.82) is 0 Å². The van der Waals surface area contributed by atoms with Crippen LogP contribution < -0.4 is 0 Å². The van der Waals surface area contributed by atoms with Gasteiger partial charge in [-0.3, -0.25) is 9.59 Å². The lowest BCUT2D eigenvalue weighted by atomic mass is 9.66. The van der Waals surface area contributed by atoms with Gasteiger partial charge in [0.25, 0.3) is 0 Å². The minimum absolute atomic E-state index is 0.0111. The number of carbonyl (C=O) groups excluding carboxylic acids is 2. The van der Waals surface area contributed by atoms with Crippen LogP contribution in [0.5, 0.6) is 0 Å². The molecule has 0 unspecified atom stereocenters. The van der Waals surface area contributed by atoms with Crippen molar-refractivity contribution in [2.45, 2.75) is 47.0 Å². The molecule has 0 N–H and O–H groups in total. The Hall–Kier alpha value is -1.12. The minimum Gasteiger partial charge on any atom is -0.458 e. The largest absolute Gasteiger partial charge is 0.458 e. The molecular weight excluding hydrogens is 216 g/mol. The van der Waals surface area contributed by atoms with Crippen molar-refractivity contribution in [1.82, 2.24) is 0 Å². The molecule has 96 valence electrons. The quantitative estimate of drug-likeness (QED) is 0.546. The first kappa shape index (κ1) is 13.9. The van der Waals surface area contributed by atoms with Gasteiger partial charge in [0.05, 0.1) is 0 Å². The topological polar surface area (TPSA) is 43.4 Å². The van der Waals surface area contributed by atoms with Gasteiger partial charge >= 0.3 is 5.97 Å². The lowest BCUT2D eigenvalue weighted by molar-refractivity contribution is -0.152. The van der Waals surface area contributed by atoms with Gasteiger partial charge in [-0.05, 0) is 18.3 Å². The fourth-order valence-corrected chi connectivity index (χ4v) is 2.09. The molecule has 0 bridgehead atoms. The van der Waals surface area contributed by atoms with Gasteiger partial charge in [-0.25, -0.2) is 0 Å². The molecule has 0 fully saturated rings. The SMILES string of the molecule is CCCC(=O)OCC(=O)[C@@]1(C)CC=CC1(C)C. The molecule has 17 heavy (non-hydrogen) atoms. The first-order valence-corrected chi connectivity index (χ1v) is 6.20. The van der Waals surface area contributed by atoms with Crippen LogP contribution in [0.3, 0.4) is 0 Å². The molecule has 1 rings (SSSR count). The van der Waals surface area contributed by atoms with E-state index in [-0.39, 0.29) is 23.8 Å². The normalized spacial score (nSPS) is 25.9. The summed E-state index contributed by atoms with van der Waals surface area (Å²) in [5, 5.41) is 0. The molecule has 0 aliphatic heterocycles. The van der Waals surface area contributed by atoms with Gasteiger partial charge in [0.2, 0.25) is 0 Å². The zero-order valence-electron chi connectivity index (χ0n) is 11.2. The Kier molecular flexibility index (Phi) is 4.12. The maximum absolute atomic E-state index is 12.2. The molecule has 0 aromatic rings. The van der Waals surface area contributed by atoms with Crippen molar-refractivity contribution in [3.05, 3.63) is 12.2 Å². The van der Waals surface area contributed by atoms with E-state index in [0.717, 1.165) is 12.8 Å². The number of ether oxygens (including phenoxy) is 1. The van der Waals surface area contributed by atoms with Gasteiger partial charge in [0, 0.05) is 11.8 Å². The molecule has 1 atom stereocenters. The number of allylic oxidation sites excluding steroid dienone is 2. The highest BCUT2D eigenvalue weighted by Gasteiger charge is 2.47. The van der Waals surface area contributed by atoms with Crippen LogP contribution in [0, 0.1) is 10.8 Å². The average molecular weight is 238 g/mol. The predicted octanol–water partition coefficient (Wildman–Crippen LogP) is 2.89. The van der Waals surface area contributed by atoms with Crippen LogP contribution in [0.25, 0.3) is 0 Å². The van der Waals surface area contributed by atoms with Crippen LogP contribution in [0.15, 0.2) is 12.2 Å². The van der Waals surface area contributed by atoms with Gasteiger partial charge in [-0.2, -0.15) is 0 Å². The summed E-state index contributed by atoms with van der Waals surface area (Å²) < 4.78 is 5.00. The Balaban J connectivity index is 2.57. The van der Waals surface area contributed by atoms with Crippen LogP contribution in [0.4, 0.5) is 0 Å². The number of ketones is 1. The van der Waals surface area contributed by atoms with Crippen molar-refractivity contribution in [2.24, 2.45) is 10.8 Å². The Labute approximate surface area is 103 Å². The summed E-state index contributed by atoms with van der Waals surface area (Å²) in [7, 11) is 0. The van der Waals surface area contributed by atoms with E-state index in [9.17, 15) is 9.59 Å². The molecule has 0 heterocycles. The highest BCUT2D eigenvalue weighted by Crippen LogP contribution is 2.48. The number of carbonyl (C=O) groups is 2. The highest BCUT2D eigenvalue weighted by molar-refractivity contribution is 5.89. The summed E-state index contributed by atoms with van der Waals surface area (Å²) in [6.07, 6.45) is 5.96. The van der Waals surface area contributed by atoms with Gasteiger partial charge in [-0.15, -0.1) is 0 Å². The highest BCUT2D eigenvalue weighted by atomic mass is 16.5. The maximum Gasteiger partial charge on any atom is 0.306 e. The molecule has 1 aliphatic rings. The van der Waals surface area contributed by atoms with Crippen molar-refractivity contribution in [3.8, 4) is 0 Å². The maximum atomic E-state index is 12.2. The second-order valence-corrected chi connectivity index (χ2v) is 5.49. The van der Waals surface area contributed by atoms with Crippen LogP contribution in [-0.4, -0.2) is 18.4 Å². The summed E-state index contributed by atoms with van der Waals surface area (Å²) in [4.78, 5) is 23.4. The van der Waals surface area contributed by atoms with Crippen molar-refractivity contribution in [2.75, 3.05) is 6.61 Å². The first-order chi connectivity index (χ1) is 7.83. The molecule has 0 amide bonds. The van der Waals surface area contributed by atoms with E-state index in [2.05, 4.69) is 6.08 Å². The fraction of sp³-hybridized carbons (Fsp3) is 0.714. The summed E-state index contributed by atoms with van der Waals surface area (Å²) >= 11 is 0. The standard InChI is InChI=1S/C14H22O3/c1-5-7-12(16)17-10-11(15)14(4)9-6-8-13(14,2)3/h6,8H,5,7,9-10H2,1-4H3/t14-/m1/s1. The van der Waals surface area contributed by atoms with Crippen LogP contribution >= 0.6 is 0 Å². The molecule has 0 saturated heterocycles. The predicted molar refractivity (Wildman–Crippen MR) is 66.5 cm³/mol. The van der Waals surface area contributed by atoms with E-state index < -0.39 is 5.41 Å². The molecule has 3 heteroatoms. The Morgan fingerprint density at radius 3 is 2.41 bits per heavy atom. The molecule has 0 radical (unpaired) electrons. The third-order valence-electron chi connectivity index (χ3n) is 3.92. The summed E-state index contributed by atoms with van der Waals surface area (Å²) in [6, 6.07) is 0. The number of hydrogen-bond donors (Lipinski definition) is 0. The molecule has 0 aromatic carbocycles. The van der Waals surface area contributed by atoms with Crippen molar-refractivity contribution >= 4 is 11.8 Å². The molecule has 1 aliphatic carbocycles. The number of esters is 1. The van der Waals surface area contributed by atoms with Crippen LogP contribution in [-0.2, 0) is 14.3 Å². The lowest BCUT2D eigenvalue weighted by Crippen LogP contribution is -2.40. The summed E-state index contributed by atoms with van der Waals surface area (Å²) in [5.41, 5.74) is -0.610. The van der Waals surface area contributed by atoms with Gasteiger partial charge < -0.3 is 4.74 Å². The Morgan fingerprint density at radius 2 is 1.94 bits per heavy atom. The van der Waals surface area contributed by atoms with E-state index in [1.54, 1.807) is 0 Å². The number of hydrogen-bond acceptors (Lipinski definition) is 3. The van der Waals surface area contributed by atoms with E-state index in [0.29, 0.717) is 6.42 Å². The second kappa shape index (κ2) is 5.03.